The van der Waals surface area contributed by atoms with Crippen molar-refractivity contribution < 1.29 is 112 Å². The van der Waals surface area contributed by atoms with Gasteiger partial charge in [-0.1, -0.05) is 71.9 Å². The molecular formula is C79H125N17O23S. The molecule has 0 spiro atoms. The lowest BCUT2D eigenvalue weighted by Crippen LogP contribution is -2.62. The number of carboxylic acids is 3. The zero-order valence-corrected chi connectivity index (χ0v) is 70.6. The molecule has 21 N–H and O–H groups in total. The van der Waals surface area contributed by atoms with Crippen LogP contribution in [0.1, 0.15) is 183 Å². The first-order valence-electron chi connectivity index (χ1n) is 41.2. The summed E-state index contributed by atoms with van der Waals surface area (Å²) in [6, 6.07) is -12.5. The van der Waals surface area contributed by atoms with Crippen LogP contribution in [0.15, 0.2) is 30.3 Å². The fourth-order valence-electron chi connectivity index (χ4n) is 14.9. The lowest BCUT2D eigenvalue weighted by molar-refractivity contribution is -0.153. The molecule has 4 fully saturated rings. The van der Waals surface area contributed by atoms with Gasteiger partial charge in [0.15, 0.2) is 6.04 Å². The van der Waals surface area contributed by atoms with Crippen molar-refractivity contribution in [2.45, 2.75) is 287 Å². The largest absolute Gasteiger partial charge is 0.481 e. The normalized spacial score (nSPS) is 19.8. The molecule has 0 aliphatic carbocycles. The summed E-state index contributed by atoms with van der Waals surface area (Å²) in [6.45, 7) is 12.7. The van der Waals surface area contributed by atoms with Gasteiger partial charge >= 0.3 is 17.9 Å². The first kappa shape index (κ1) is 100. The lowest BCUT2D eigenvalue weighted by Gasteiger charge is -2.36. The number of thioether (sulfide) groups is 1. The summed E-state index contributed by atoms with van der Waals surface area (Å²) in [5.74, 6) is -18.0. The summed E-state index contributed by atoms with van der Waals surface area (Å²) >= 11 is 1.33. The predicted octanol–water partition coefficient (Wildman–Crippen LogP) is -3.55. The highest BCUT2D eigenvalue weighted by Gasteiger charge is 2.50. The molecule has 0 bridgehead atoms. The first-order valence-corrected chi connectivity index (χ1v) is 42.6. The van der Waals surface area contributed by atoms with Gasteiger partial charge in [0.05, 0.1) is 18.2 Å². The fourth-order valence-corrected chi connectivity index (χ4v) is 15.3. The molecule has 0 radical (unpaired) electrons. The summed E-state index contributed by atoms with van der Waals surface area (Å²) in [7, 11) is 0. The van der Waals surface area contributed by atoms with Gasteiger partial charge in [-0.15, -0.1) is 0 Å². The number of primary amides is 1. The van der Waals surface area contributed by atoms with E-state index in [1.54, 1.807) is 50.4 Å². The number of unbranched alkanes of at least 4 members (excludes halogenated alkanes) is 1. The zero-order chi connectivity index (χ0) is 89.5. The van der Waals surface area contributed by atoms with Crippen molar-refractivity contribution in [2.75, 3.05) is 44.7 Å². The number of nitrogens with one attached hydrogen (secondary N) is 10. The second-order valence-electron chi connectivity index (χ2n) is 32.2. The Balaban J connectivity index is 1.34. The van der Waals surface area contributed by atoms with E-state index in [2.05, 4.69) is 53.2 Å². The third-order valence-corrected chi connectivity index (χ3v) is 22.3. The number of aliphatic carboxylic acids is 3. The minimum Gasteiger partial charge on any atom is -0.481 e. The van der Waals surface area contributed by atoms with Crippen molar-refractivity contribution in [1.82, 2.24) is 72.8 Å². The van der Waals surface area contributed by atoms with Gasteiger partial charge in [0.1, 0.15) is 78.5 Å². The number of rotatable bonds is 49. The van der Waals surface area contributed by atoms with Gasteiger partial charge in [-0.2, -0.15) is 11.8 Å². The van der Waals surface area contributed by atoms with Crippen molar-refractivity contribution >= 4 is 118 Å². The van der Waals surface area contributed by atoms with Gasteiger partial charge < -0.3 is 116 Å². The van der Waals surface area contributed by atoms with Gasteiger partial charge in [-0.3, -0.25) is 81.5 Å². The smallest absolute Gasteiger partial charge is 0.328 e. The van der Waals surface area contributed by atoms with Crippen LogP contribution in [0.3, 0.4) is 0 Å². The number of nitrogens with two attached hydrogens (primary N) is 3. The van der Waals surface area contributed by atoms with Gasteiger partial charge in [-0.25, -0.2) is 4.79 Å². The maximum absolute atomic E-state index is 15.3. The quantitative estimate of drug-likeness (QED) is 0.0281. The molecule has 4 aliphatic rings. The Morgan fingerprint density at radius 3 is 1.25 bits per heavy atom. The van der Waals surface area contributed by atoms with Crippen LogP contribution in [0, 0.1) is 17.8 Å². The van der Waals surface area contributed by atoms with Crippen LogP contribution in [-0.4, -0.2) is 299 Å². The van der Waals surface area contributed by atoms with E-state index < -0.39 is 254 Å². The molecule has 0 unspecified atom stereocenters. The van der Waals surface area contributed by atoms with Crippen LogP contribution in [0.5, 0.6) is 0 Å². The van der Waals surface area contributed by atoms with Crippen molar-refractivity contribution in [3.8, 4) is 0 Å². The van der Waals surface area contributed by atoms with E-state index in [0.717, 1.165) is 13.8 Å². The molecule has 41 heteroatoms. The number of carboxylic acid groups (broad SMARTS) is 3. The molecule has 0 saturated carbocycles. The van der Waals surface area contributed by atoms with Crippen LogP contribution in [0.2, 0.25) is 0 Å². The lowest BCUT2D eigenvalue weighted by atomic mass is 10.00. The average Bonchev–Trinajstić information content (AvgIpc) is 1.63. The Kier molecular flexibility index (Phi) is 41.0. The summed E-state index contributed by atoms with van der Waals surface area (Å²) in [4.78, 5) is 254. The summed E-state index contributed by atoms with van der Waals surface area (Å²) < 4.78 is 0. The number of carbonyl (C=O) groups is 18. The van der Waals surface area contributed by atoms with Gasteiger partial charge in [0, 0.05) is 51.9 Å². The molecule has 670 valence electrons. The number of aliphatic hydroxyl groups excluding tert-OH is 2. The van der Waals surface area contributed by atoms with Crippen LogP contribution in [0.4, 0.5) is 0 Å². The first-order chi connectivity index (χ1) is 56.6. The topological polar surface area (TPSA) is 620 Å². The van der Waals surface area contributed by atoms with Crippen LogP contribution >= 0.6 is 11.8 Å². The molecular weight excluding hydrogens is 1590 g/mol. The number of hydrogen-bond acceptors (Lipinski definition) is 23. The SMILES string of the molecule is CSCC[C@H](NC(=O)[C@H](CCC(=O)O)NC(=O)[C@H](CC(C)C)NC(=O)[C@@H](N)C(C)C)C(=O)N[C@@H](CCCCN)C(=O)N[C@@H](Cc1ccccc1)C(=O)N1CCC[C@H]1C(=O)N1CCC[C@H]1C(=O)N1CCC[C@H]1C(=O)N1CCC[C@H]1C(=O)N[C@@H](CCC(N)=O)C(=O)N[C@@H](CCC(=O)O)C(=O)N[C@H](C(=O)N[C@H](C(=O)N[C@H](C(=O)O)[C@@H](C)O)C(C)C)[C@@H](C)O. The predicted molar refractivity (Wildman–Crippen MR) is 435 cm³/mol. The van der Waals surface area contributed by atoms with E-state index in [1.807, 2.05) is 13.8 Å². The molecule has 17 atom stereocenters. The summed E-state index contributed by atoms with van der Waals surface area (Å²) in [6.07, 6.45) is -2.44. The molecule has 5 rings (SSSR count). The Labute approximate surface area is 702 Å². The average molecular weight is 1710 g/mol. The van der Waals surface area contributed by atoms with Crippen molar-refractivity contribution in [3.63, 3.8) is 0 Å². The van der Waals surface area contributed by atoms with E-state index in [9.17, 15) is 97.5 Å². The van der Waals surface area contributed by atoms with E-state index in [1.165, 1.54) is 45.2 Å². The number of hydrogen-bond donors (Lipinski definition) is 18. The molecule has 4 heterocycles. The maximum Gasteiger partial charge on any atom is 0.328 e. The molecule has 1 aromatic carbocycles. The second kappa shape index (κ2) is 49.0. The Morgan fingerprint density at radius 2 is 0.817 bits per heavy atom. The summed E-state index contributed by atoms with van der Waals surface area (Å²) in [5.41, 5.74) is 18.1. The van der Waals surface area contributed by atoms with Crippen molar-refractivity contribution in [1.29, 1.82) is 0 Å². The van der Waals surface area contributed by atoms with E-state index in [-0.39, 0.29) is 102 Å². The molecule has 4 saturated heterocycles. The monoisotopic (exact) mass is 1710 g/mol. The minimum atomic E-state index is -1.91. The van der Waals surface area contributed by atoms with E-state index in [4.69, 9.17) is 17.2 Å². The summed E-state index contributed by atoms with van der Waals surface area (Å²) in [5, 5.41) is 74.7. The fraction of sp³-hybridized carbons (Fsp3) is 0.696. The third-order valence-electron chi connectivity index (χ3n) is 21.6. The Hall–Kier alpha value is -10.1. The number of likely N-dealkylation sites (tertiary alicyclic amines) is 4. The van der Waals surface area contributed by atoms with Crippen LogP contribution in [-0.2, 0) is 92.7 Å². The maximum atomic E-state index is 15.3. The van der Waals surface area contributed by atoms with E-state index in [0.29, 0.717) is 43.4 Å². The molecule has 15 amide bonds. The zero-order valence-electron chi connectivity index (χ0n) is 69.8. The highest BCUT2D eigenvalue weighted by Crippen LogP contribution is 2.32. The Bertz CT molecular complexity index is 3760. The molecule has 1 aromatic rings. The minimum absolute atomic E-state index is 0.00587. The van der Waals surface area contributed by atoms with E-state index >= 15 is 14.4 Å². The highest BCUT2D eigenvalue weighted by molar-refractivity contribution is 7.98. The standard InChI is InChI=1S/C79H125N17O23S/c1-41(2)39-52(88-72(111)61(82)42(3)4)70(109)85-49(27-30-59(100)101)67(106)86-51(32-38-120-9)68(107)83-47(21-13-14-33-80)65(104)89-53(40-46-19-11-10-12-20-46)75(114)94-35-16-23-55(94)77(116)96-37-18-25-57(96)78(117)95-36-17-24-56(95)76(115)93-34-15-22-54(93)71(110)87-48(26-29-58(81)99)66(105)84-50(28-31-60(102)103)69(108)91-63(44(7)97)74(113)90-62(43(5)6)73(112)92-64(45(8)98)79(118)119/h10-12,19-20,41-45,47-57,61-64,97-98H,13-18,21-40,80,82H2,1-9H3,(H2,81,99)(H,83,107)(H,84,105)(H,85,109)(H,86,106)(H,87,110)(H,88,111)(H,89,104)(H,90,113)(H,91,108)(H,92,112)(H,100,101)(H,102,103)(H,118,119)/t44-,45-,47+,48+,49+,50+,51+,52+,53+,54+,55+,56+,57+,61+,62+,63+,64+/m1/s1. The van der Waals surface area contributed by atoms with Crippen molar-refractivity contribution in [2.24, 2.45) is 35.0 Å². The number of aliphatic hydroxyl groups is 2. The highest BCUT2D eigenvalue weighted by atomic mass is 32.2. The van der Waals surface area contributed by atoms with Gasteiger partial charge in [-0.05, 0) is 158 Å². The number of carbonyl (C=O) groups excluding carboxylic acids is 15. The second-order valence-corrected chi connectivity index (χ2v) is 33.2. The molecule has 40 nitrogen and oxygen atoms in total. The third kappa shape index (κ3) is 30.2. The molecule has 4 aliphatic heterocycles. The molecule has 0 aromatic heterocycles. The number of amides is 15. The van der Waals surface area contributed by atoms with Gasteiger partial charge in [0.25, 0.3) is 0 Å². The Morgan fingerprint density at radius 1 is 0.433 bits per heavy atom. The van der Waals surface area contributed by atoms with Crippen LogP contribution in [0.25, 0.3) is 0 Å². The molecule has 120 heavy (non-hydrogen) atoms. The van der Waals surface area contributed by atoms with Gasteiger partial charge in [0.2, 0.25) is 88.6 Å². The number of benzene rings is 1. The van der Waals surface area contributed by atoms with Crippen molar-refractivity contribution in [3.05, 3.63) is 35.9 Å². The van der Waals surface area contributed by atoms with Crippen LogP contribution < -0.4 is 70.4 Å². The number of nitrogens with zero attached hydrogens (tertiary/aromatic N) is 4.